The number of ether oxygens (including phenoxy) is 1. The summed E-state index contributed by atoms with van der Waals surface area (Å²) in [6.07, 6.45) is 13.6. The van der Waals surface area contributed by atoms with Crippen molar-refractivity contribution in [1.29, 1.82) is 0 Å². The molecule has 6 rings (SSSR count). The van der Waals surface area contributed by atoms with Gasteiger partial charge in [-0.3, -0.25) is 19.2 Å². The largest absolute Gasteiger partial charge is 0.466 e. The van der Waals surface area contributed by atoms with Crippen molar-refractivity contribution in [1.82, 2.24) is 20.5 Å². The van der Waals surface area contributed by atoms with E-state index in [9.17, 15) is 24.0 Å². The van der Waals surface area contributed by atoms with Crippen LogP contribution in [0, 0.1) is 23.7 Å². The van der Waals surface area contributed by atoms with Crippen LogP contribution in [0.4, 0.5) is 5.69 Å². The molecule has 4 saturated carbocycles. The van der Waals surface area contributed by atoms with E-state index in [1.807, 2.05) is 0 Å². The minimum atomic E-state index is -0.934. The number of amides is 3. The van der Waals surface area contributed by atoms with Crippen LogP contribution in [0.1, 0.15) is 64.2 Å². The van der Waals surface area contributed by atoms with Gasteiger partial charge in [0.25, 0.3) is 5.56 Å². The Morgan fingerprint density at radius 3 is 2.50 bits per heavy atom. The predicted molar refractivity (Wildman–Crippen MR) is 156 cm³/mol. The zero-order chi connectivity index (χ0) is 29.6. The molecule has 5 fully saturated rings. The number of methoxy groups -OCH3 is 1. The molecule has 5 aliphatic rings. The number of esters is 1. The minimum absolute atomic E-state index is 0.0325. The summed E-state index contributed by atoms with van der Waals surface area (Å²) >= 11 is 0. The molecule has 1 aliphatic heterocycles. The molecule has 11 heteroatoms. The van der Waals surface area contributed by atoms with Crippen LogP contribution in [0.2, 0.25) is 0 Å². The maximum Gasteiger partial charge on any atom is 0.330 e. The Morgan fingerprint density at radius 2 is 1.83 bits per heavy atom. The molecule has 1 aromatic rings. The van der Waals surface area contributed by atoms with Gasteiger partial charge < -0.3 is 30.6 Å². The molecule has 0 aromatic carbocycles. The predicted octanol–water partition coefficient (Wildman–Crippen LogP) is 1.86. The zero-order valence-electron chi connectivity index (χ0n) is 24.3. The number of nitrogens with one attached hydrogen (secondary N) is 4. The summed E-state index contributed by atoms with van der Waals surface area (Å²) in [4.78, 5) is 63.9. The zero-order valence-corrected chi connectivity index (χ0v) is 24.3. The fourth-order valence-electron chi connectivity index (χ4n) is 7.65. The highest BCUT2D eigenvalue weighted by Crippen LogP contribution is 2.53. The fourth-order valence-corrected chi connectivity index (χ4v) is 7.65. The molecular formula is C31H43N5O6. The lowest BCUT2D eigenvalue weighted by Gasteiger charge is -2.54. The van der Waals surface area contributed by atoms with E-state index in [1.165, 1.54) is 55.9 Å². The number of rotatable bonds is 11. The van der Waals surface area contributed by atoms with Crippen LogP contribution < -0.4 is 26.8 Å². The van der Waals surface area contributed by atoms with Crippen molar-refractivity contribution in [2.24, 2.45) is 23.7 Å². The van der Waals surface area contributed by atoms with Crippen LogP contribution in [0.3, 0.4) is 0 Å². The van der Waals surface area contributed by atoms with Gasteiger partial charge in [0.2, 0.25) is 17.7 Å². The number of carbonyl (C=O) groups excluding carboxylic acids is 4. The SMILES string of the molecule is COC(=O)/C=C/CC[C@H](NC(=O)[C@@H]1CCCCN1)C(=O)Nc1cccn(CC(=O)NC2C3CC4CC(C3)CC2C4)c1=O. The lowest BCUT2D eigenvalue weighted by Crippen LogP contribution is -2.56. The van der Waals surface area contributed by atoms with E-state index >= 15 is 0 Å². The third kappa shape index (κ3) is 7.29. The lowest BCUT2D eigenvalue weighted by molar-refractivity contribution is -0.135. The van der Waals surface area contributed by atoms with E-state index in [2.05, 4.69) is 26.0 Å². The van der Waals surface area contributed by atoms with Gasteiger partial charge in [-0.25, -0.2) is 4.79 Å². The molecule has 3 amide bonds. The molecule has 11 nitrogen and oxygen atoms in total. The number of pyridine rings is 1. The van der Waals surface area contributed by atoms with E-state index in [1.54, 1.807) is 18.3 Å². The van der Waals surface area contributed by atoms with Crippen LogP contribution in [0.5, 0.6) is 0 Å². The topological polar surface area (TPSA) is 148 Å². The second-order valence-electron chi connectivity index (χ2n) is 12.4. The van der Waals surface area contributed by atoms with Crippen molar-refractivity contribution >= 4 is 29.4 Å². The first-order valence-corrected chi connectivity index (χ1v) is 15.4. The molecule has 42 heavy (non-hydrogen) atoms. The number of nitrogens with zero attached hydrogens (tertiary/aromatic N) is 1. The van der Waals surface area contributed by atoms with Gasteiger partial charge in [-0.05, 0) is 100 Å². The summed E-state index contributed by atoms with van der Waals surface area (Å²) in [6.45, 7) is 0.605. The van der Waals surface area contributed by atoms with Gasteiger partial charge in [0, 0.05) is 18.3 Å². The molecular weight excluding hydrogens is 538 g/mol. The molecule has 2 heterocycles. The van der Waals surface area contributed by atoms with E-state index in [-0.39, 0.29) is 42.6 Å². The summed E-state index contributed by atoms with van der Waals surface area (Å²) in [5.74, 6) is 1.15. The Hall–Kier alpha value is -3.47. The van der Waals surface area contributed by atoms with Crippen molar-refractivity contribution in [3.63, 3.8) is 0 Å². The lowest BCUT2D eigenvalue weighted by atomic mass is 9.54. The molecule has 0 spiro atoms. The molecule has 4 aliphatic carbocycles. The van der Waals surface area contributed by atoms with Crippen LogP contribution in [-0.4, -0.2) is 60.0 Å². The number of aromatic nitrogens is 1. The van der Waals surface area contributed by atoms with E-state index in [0.717, 1.165) is 31.2 Å². The van der Waals surface area contributed by atoms with Gasteiger partial charge in [-0.1, -0.05) is 12.5 Å². The van der Waals surface area contributed by atoms with E-state index in [4.69, 9.17) is 0 Å². The van der Waals surface area contributed by atoms with Gasteiger partial charge in [0.1, 0.15) is 18.3 Å². The average Bonchev–Trinajstić information content (AvgIpc) is 2.98. The summed E-state index contributed by atoms with van der Waals surface area (Å²) in [5.41, 5.74) is -0.458. The number of carbonyl (C=O) groups is 4. The molecule has 4 N–H and O–H groups in total. The molecule has 228 valence electrons. The number of anilines is 1. The van der Waals surface area contributed by atoms with E-state index in [0.29, 0.717) is 24.7 Å². The monoisotopic (exact) mass is 581 g/mol. The summed E-state index contributed by atoms with van der Waals surface area (Å²) in [5, 5.41) is 11.9. The molecule has 4 bridgehead atoms. The highest BCUT2D eigenvalue weighted by molar-refractivity contribution is 5.97. The molecule has 1 aromatic heterocycles. The van der Waals surface area contributed by atoms with Crippen molar-refractivity contribution in [3.8, 4) is 0 Å². The summed E-state index contributed by atoms with van der Waals surface area (Å²) in [7, 11) is 1.28. The van der Waals surface area contributed by atoms with Gasteiger partial charge in [0.15, 0.2) is 0 Å². The fraction of sp³-hybridized carbons (Fsp3) is 0.645. The Morgan fingerprint density at radius 1 is 1.10 bits per heavy atom. The molecule has 0 unspecified atom stereocenters. The molecule has 2 atom stereocenters. The Labute approximate surface area is 246 Å². The second-order valence-corrected chi connectivity index (χ2v) is 12.4. The van der Waals surface area contributed by atoms with Crippen LogP contribution in [0.15, 0.2) is 35.3 Å². The highest BCUT2D eigenvalue weighted by Gasteiger charge is 2.48. The minimum Gasteiger partial charge on any atom is -0.466 e. The van der Waals surface area contributed by atoms with E-state index < -0.39 is 23.5 Å². The molecule has 0 radical (unpaired) electrons. The van der Waals surface area contributed by atoms with Gasteiger partial charge >= 0.3 is 5.97 Å². The third-order valence-electron chi connectivity index (χ3n) is 9.48. The quantitative estimate of drug-likeness (QED) is 0.230. The van der Waals surface area contributed by atoms with Crippen LogP contribution in [0.25, 0.3) is 0 Å². The van der Waals surface area contributed by atoms with Crippen molar-refractivity contribution in [3.05, 3.63) is 40.8 Å². The number of hydrogen-bond acceptors (Lipinski definition) is 7. The van der Waals surface area contributed by atoms with Gasteiger partial charge in [0.05, 0.1) is 13.2 Å². The Balaban J connectivity index is 1.21. The smallest absolute Gasteiger partial charge is 0.330 e. The average molecular weight is 582 g/mol. The number of allylic oxidation sites excluding steroid dienone is 1. The second kappa shape index (κ2) is 13.7. The first-order valence-electron chi connectivity index (χ1n) is 15.4. The Kier molecular flexibility index (Phi) is 9.76. The van der Waals surface area contributed by atoms with Crippen molar-refractivity contribution < 1.29 is 23.9 Å². The summed E-state index contributed by atoms with van der Waals surface area (Å²) in [6, 6.07) is 1.97. The Bertz CT molecular complexity index is 1220. The standard InChI is InChI=1S/C31H43N5O6/c1-42-27(38)10-3-2-8-24(33-29(39)23-7-4-5-11-32-23)30(40)34-25-9-6-12-36(31(25)41)18-26(37)35-28-21-14-19-13-20(16-21)17-22(28)15-19/h3,6,9-10,12,19-24,28,32H,2,4-5,7-8,11,13-18H2,1H3,(H,33,39)(H,34,40)(H,35,37)/b10-3+/t19?,20?,21?,22?,23-,24-,28?/m0/s1. The first kappa shape index (κ1) is 30.0. The van der Waals surface area contributed by atoms with Crippen molar-refractivity contribution in [2.45, 2.75) is 88.9 Å². The molecule has 1 saturated heterocycles. The maximum absolute atomic E-state index is 13.3. The number of hydrogen-bond donors (Lipinski definition) is 4. The summed E-state index contributed by atoms with van der Waals surface area (Å²) < 4.78 is 5.90. The van der Waals surface area contributed by atoms with Crippen LogP contribution in [-0.2, 0) is 30.5 Å². The van der Waals surface area contributed by atoms with Gasteiger partial charge in [-0.15, -0.1) is 0 Å². The van der Waals surface area contributed by atoms with Gasteiger partial charge in [-0.2, -0.15) is 0 Å². The first-order chi connectivity index (χ1) is 20.3. The van der Waals surface area contributed by atoms with Crippen LogP contribution >= 0.6 is 0 Å². The normalized spacial score (nSPS) is 28.7. The highest BCUT2D eigenvalue weighted by atomic mass is 16.5. The van der Waals surface area contributed by atoms with Crippen molar-refractivity contribution in [2.75, 3.05) is 19.0 Å². The maximum atomic E-state index is 13.3. The number of piperidine rings is 1. The third-order valence-corrected chi connectivity index (χ3v) is 9.48.